The lowest BCUT2D eigenvalue weighted by Crippen LogP contribution is -2.43. The molecule has 2 N–H and O–H groups in total. The number of nitrogens with one attached hydrogen (secondary N) is 2. The van der Waals surface area contributed by atoms with Crippen LogP contribution in [-0.4, -0.2) is 36.0 Å². The minimum Gasteiger partial charge on any atom is -0.421 e. The smallest absolute Gasteiger partial charge is 0.335 e. The number of ketones is 1. The quantitative estimate of drug-likeness (QED) is 0.595. The van der Waals surface area contributed by atoms with Gasteiger partial charge in [0, 0.05) is 35.9 Å². The molecule has 0 unspecified atom stereocenters. The van der Waals surface area contributed by atoms with E-state index in [-0.39, 0.29) is 11.7 Å². The molecular weight excluding hydrogens is 328 g/mol. The molecule has 0 bridgehead atoms. The Morgan fingerprint density at radius 2 is 2.25 bits per heavy atom. The lowest BCUT2D eigenvalue weighted by atomic mass is 10.2. The molecule has 0 aromatic heterocycles. The summed E-state index contributed by atoms with van der Waals surface area (Å²) in [6.45, 7) is 3.85. The molecule has 128 valence electrons. The number of hydrogen-bond donors (Lipinski definition) is 2. The normalized spacial score (nSPS) is 26.7. The molecule has 0 saturated carbocycles. The van der Waals surface area contributed by atoms with Gasteiger partial charge >= 0.3 is 5.97 Å². The predicted molar refractivity (Wildman–Crippen MR) is 92.8 cm³/mol. The third-order valence-electron chi connectivity index (χ3n) is 3.28. The summed E-state index contributed by atoms with van der Waals surface area (Å²) in [7, 11) is 0. The van der Waals surface area contributed by atoms with Crippen LogP contribution in [-0.2, 0) is 19.1 Å². The van der Waals surface area contributed by atoms with Gasteiger partial charge in [0.1, 0.15) is 6.04 Å². The first kappa shape index (κ1) is 18.1. The largest absolute Gasteiger partial charge is 0.421 e. The summed E-state index contributed by atoms with van der Waals surface area (Å²) in [4.78, 5) is 36.5. The first-order valence-corrected chi connectivity index (χ1v) is 8.65. The lowest BCUT2D eigenvalue weighted by Gasteiger charge is -2.22. The van der Waals surface area contributed by atoms with Crippen LogP contribution < -0.4 is 10.6 Å². The topological polar surface area (TPSA) is 84.5 Å². The number of allylic oxidation sites excluding steroid dienone is 4. The molecule has 7 heteroatoms. The fourth-order valence-corrected chi connectivity index (χ4v) is 3.24. The zero-order valence-corrected chi connectivity index (χ0v) is 14.4. The number of thioether (sulfide) groups is 1. The second kappa shape index (κ2) is 8.54. The van der Waals surface area contributed by atoms with Crippen molar-refractivity contribution in [1.29, 1.82) is 0 Å². The molecule has 2 aliphatic rings. The highest BCUT2D eigenvalue weighted by Crippen LogP contribution is 2.27. The number of hydrogen-bond acceptors (Lipinski definition) is 6. The van der Waals surface area contributed by atoms with E-state index < -0.39 is 17.8 Å². The van der Waals surface area contributed by atoms with Gasteiger partial charge in [-0.25, -0.2) is 4.79 Å². The molecule has 0 fully saturated rings. The van der Waals surface area contributed by atoms with E-state index in [0.717, 1.165) is 23.6 Å². The van der Waals surface area contributed by atoms with Crippen molar-refractivity contribution in [2.45, 2.75) is 26.3 Å². The highest BCUT2D eigenvalue weighted by atomic mass is 32.2. The van der Waals surface area contributed by atoms with Crippen LogP contribution in [0.25, 0.3) is 0 Å². The zero-order chi connectivity index (χ0) is 17.5. The molecule has 6 nitrogen and oxygen atoms in total. The Morgan fingerprint density at radius 3 is 2.88 bits per heavy atom. The third-order valence-corrected chi connectivity index (χ3v) is 4.43. The Bertz CT molecular complexity index is 662. The van der Waals surface area contributed by atoms with E-state index in [2.05, 4.69) is 10.6 Å². The van der Waals surface area contributed by atoms with Gasteiger partial charge in [-0.15, -0.1) is 11.8 Å². The molecule has 2 aliphatic heterocycles. The number of carbonyl (C=O) groups excluding carboxylic acids is 3. The first-order chi connectivity index (χ1) is 11.5. The summed E-state index contributed by atoms with van der Waals surface area (Å²) in [5.74, 6) is -1.09. The van der Waals surface area contributed by atoms with Crippen molar-refractivity contribution in [1.82, 2.24) is 10.6 Å². The summed E-state index contributed by atoms with van der Waals surface area (Å²) in [5.41, 5.74) is 0.872. The molecule has 24 heavy (non-hydrogen) atoms. The van der Waals surface area contributed by atoms with Crippen molar-refractivity contribution in [3.63, 3.8) is 0 Å². The van der Waals surface area contributed by atoms with Gasteiger partial charge < -0.3 is 15.4 Å². The zero-order valence-electron chi connectivity index (χ0n) is 13.6. The average Bonchev–Trinajstić information content (AvgIpc) is 2.55. The van der Waals surface area contributed by atoms with Gasteiger partial charge in [-0.1, -0.05) is 12.2 Å². The second-order valence-corrected chi connectivity index (χ2v) is 6.32. The summed E-state index contributed by atoms with van der Waals surface area (Å²) in [5, 5.41) is 5.83. The lowest BCUT2D eigenvalue weighted by molar-refractivity contribution is -0.145. The van der Waals surface area contributed by atoms with Gasteiger partial charge in [0.05, 0.1) is 0 Å². The van der Waals surface area contributed by atoms with E-state index in [0.29, 0.717) is 5.75 Å². The Labute approximate surface area is 145 Å². The Morgan fingerprint density at radius 1 is 1.46 bits per heavy atom. The molecule has 0 aliphatic carbocycles. The molecule has 0 aromatic rings. The van der Waals surface area contributed by atoms with Gasteiger partial charge in [0.15, 0.2) is 5.76 Å². The molecule has 0 spiro atoms. The van der Waals surface area contributed by atoms with Crippen molar-refractivity contribution < 1.29 is 19.1 Å². The fraction of sp³-hybridized carbons (Fsp3) is 0.353. The van der Waals surface area contributed by atoms with Crippen molar-refractivity contribution in [2.24, 2.45) is 0 Å². The molecule has 1 amide bonds. The molecule has 0 saturated heterocycles. The van der Waals surface area contributed by atoms with E-state index in [4.69, 9.17) is 4.74 Å². The minimum absolute atomic E-state index is 0.0519. The number of esters is 1. The number of cyclic esters (lactones) is 1. The molecule has 2 heterocycles. The van der Waals surface area contributed by atoms with Gasteiger partial charge in [-0.3, -0.25) is 9.59 Å². The number of amides is 1. The van der Waals surface area contributed by atoms with E-state index in [9.17, 15) is 14.4 Å². The SMILES string of the molecule is C/C=C/C(=O)/C1=C/C(=C2/C=CCCN2)SC[C@H](NC(C)=O)C(=O)O1. The molecule has 1 atom stereocenters. The Hall–Kier alpha value is -2.28. The summed E-state index contributed by atoms with van der Waals surface area (Å²) < 4.78 is 5.25. The van der Waals surface area contributed by atoms with Crippen LogP contribution in [0.4, 0.5) is 0 Å². The standard InChI is InChI=1S/C17H20N2O4S/c1-3-6-14(21)15-9-16(12-7-4-5-8-18-12)24-10-13(17(22)23-15)19-11(2)20/h3-4,6-7,9,13,18H,5,8,10H2,1-2H3,(H,19,20)/b6-3+,15-9-,16-12+/t13-/m0/s1. The van der Waals surface area contributed by atoms with E-state index >= 15 is 0 Å². The number of rotatable bonds is 3. The maximum atomic E-state index is 12.2. The monoisotopic (exact) mass is 348 g/mol. The van der Waals surface area contributed by atoms with E-state index in [1.54, 1.807) is 19.1 Å². The van der Waals surface area contributed by atoms with Crippen LogP contribution in [0.2, 0.25) is 0 Å². The van der Waals surface area contributed by atoms with Crippen LogP contribution in [0.3, 0.4) is 0 Å². The van der Waals surface area contributed by atoms with Crippen molar-refractivity contribution in [3.05, 3.63) is 46.7 Å². The maximum absolute atomic E-state index is 12.2. The first-order valence-electron chi connectivity index (χ1n) is 7.66. The predicted octanol–water partition coefficient (Wildman–Crippen LogP) is 1.57. The molecule has 2 rings (SSSR count). The Kier molecular flexibility index (Phi) is 6.43. The number of carbonyl (C=O) groups is 3. The summed E-state index contributed by atoms with van der Waals surface area (Å²) in [6, 6.07) is -0.808. The van der Waals surface area contributed by atoms with Gasteiger partial charge in [0.2, 0.25) is 11.7 Å². The van der Waals surface area contributed by atoms with Gasteiger partial charge in [-0.2, -0.15) is 0 Å². The summed E-state index contributed by atoms with van der Waals surface area (Å²) >= 11 is 1.39. The average molecular weight is 348 g/mol. The van der Waals surface area contributed by atoms with Crippen molar-refractivity contribution >= 4 is 29.4 Å². The van der Waals surface area contributed by atoms with E-state index in [1.165, 1.54) is 24.8 Å². The fourth-order valence-electron chi connectivity index (χ4n) is 2.19. The van der Waals surface area contributed by atoms with E-state index in [1.807, 2.05) is 12.2 Å². The minimum atomic E-state index is -0.808. The van der Waals surface area contributed by atoms with Gasteiger partial charge in [-0.05, 0) is 25.5 Å². The second-order valence-electron chi connectivity index (χ2n) is 5.25. The van der Waals surface area contributed by atoms with Crippen LogP contribution in [0, 0.1) is 0 Å². The van der Waals surface area contributed by atoms with Crippen molar-refractivity contribution in [3.8, 4) is 0 Å². The maximum Gasteiger partial charge on any atom is 0.335 e. The molecule has 0 radical (unpaired) electrons. The van der Waals surface area contributed by atoms with Crippen molar-refractivity contribution in [2.75, 3.05) is 12.3 Å². The highest BCUT2D eigenvalue weighted by Gasteiger charge is 2.27. The van der Waals surface area contributed by atoms with Gasteiger partial charge in [0.25, 0.3) is 0 Å². The summed E-state index contributed by atoms with van der Waals surface area (Å²) in [6.07, 6.45) is 9.41. The molecular formula is C17H20N2O4S. The highest BCUT2D eigenvalue weighted by molar-refractivity contribution is 8.03. The number of ether oxygens (including phenoxy) is 1. The van der Waals surface area contributed by atoms with Crippen LogP contribution in [0.15, 0.2) is 46.7 Å². The van der Waals surface area contributed by atoms with Crippen LogP contribution in [0.1, 0.15) is 20.3 Å². The Balaban J connectivity index is 2.40. The molecule has 0 aromatic carbocycles. The van der Waals surface area contributed by atoms with Crippen LogP contribution in [0.5, 0.6) is 0 Å². The van der Waals surface area contributed by atoms with Crippen LogP contribution >= 0.6 is 11.8 Å². The third kappa shape index (κ3) is 4.86.